The summed E-state index contributed by atoms with van der Waals surface area (Å²) >= 11 is 0. The molecule has 0 atom stereocenters. The first-order chi connectivity index (χ1) is 4.81. The second kappa shape index (κ2) is 10.8. The molecule has 10 heavy (non-hydrogen) atoms. The molecule has 0 spiro atoms. The Morgan fingerprint density at radius 2 is 2.00 bits per heavy atom. The van der Waals surface area contributed by atoms with Crippen molar-refractivity contribution in [2.75, 3.05) is 21.3 Å². The number of hydrogen-bond acceptors (Lipinski definition) is 5. The Morgan fingerprint density at radius 1 is 1.50 bits per heavy atom. The van der Waals surface area contributed by atoms with Crippen molar-refractivity contribution in [2.45, 2.75) is 0 Å². The molecule has 0 bridgehead atoms. The summed E-state index contributed by atoms with van der Waals surface area (Å²) in [6.07, 6.45) is 0.944. The van der Waals surface area contributed by atoms with Crippen LogP contribution in [-0.4, -0.2) is 38.6 Å². The third kappa shape index (κ3) is 10.0. The summed E-state index contributed by atoms with van der Waals surface area (Å²) in [6, 6.07) is 0. The fourth-order valence-corrected chi connectivity index (χ4v) is 0.148. The molecule has 5 heteroatoms. The molecule has 0 saturated carbocycles. The first-order valence-corrected chi connectivity index (χ1v) is 2.40. The van der Waals surface area contributed by atoms with Gasteiger partial charge in [0, 0.05) is 7.11 Å². The molecule has 0 aliphatic heterocycles. The number of ether oxygens (including phenoxy) is 1. The first-order valence-electron chi connectivity index (χ1n) is 2.40. The zero-order valence-corrected chi connectivity index (χ0v) is 6.20. The van der Waals surface area contributed by atoms with Crippen molar-refractivity contribution in [1.82, 2.24) is 0 Å². The van der Waals surface area contributed by atoms with Crippen molar-refractivity contribution in [1.29, 1.82) is 0 Å². The van der Waals surface area contributed by atoms with Crippen molar-refractivity contribution in [2.24, 2.45) is 5.16 Å². The normalized spacial score (nSPS) is 8.00. The quantitative estimate of drug-likeness (QED) is 0.323. The van der Waals surface area contributed by atoms with Crippen LogP contribution in [0.4, 0.5) is 0 Å². The number of aliphatic hydroxyl groups excluding tert-OH is 1. The molecule has 0 aromatic heterocycles. The van der Waals surface area contributed by atoms with Crippen molar-refractivity contribution >= 4 is 12.2 Å². The number of oxime groups is 1. The van der Waals surface area contributed by atoms with Crippen LogP contribution in [0.15, 0.2) is 5.16 Å². The lowest BCUT2D eigenvalue weighted by Gasteiger charge is -1.86. The van der Waals surface area contributed by atoms with Crippen LogP contribution < -0.4 is 0 Å². The minimum absolute atomic E-state index is 0.521. The first kappa shape index (κ1) is 11.7. The molecule has 0 aromatic rings. The Bertz CT molecular complexity index is 102. The number of esters is 1. The molecule has 0 unspecified atom stereocenters. The van der Waals surface area contributed by atoms with Crippen LogP contribution in [0, 0.1) is 0 Å². The minimum Gasteiger partial charge on any atom is -0.465 e. The van der Waals surface area contributed by atoms with E-state index in [0.717, 1.165) is 13.3 Å². The molecule has 5 nitrogen and oxygen atoms in total. The minimum atomic E-state index is -0.521. The summed E-state index contributed by atoms with van der Waals surface area (Å²) in [5.41, 5.74) is 0. The van der Waals surface area contributed by atoms with Crippen LogP contribution >= 0.6 is 0 Å². The zero-order valence-electron chi connectivity index (χ0n) is 6.20. The molecule has 60 valence electrons. The Labute approximate surface area is 59.2 Å². The Morgan fingerprint density at radius 3 is 2.30 bits per heavy atom. The third-order valence-corrected chi connectivity index (χ3v) is 0.465. The highest BCUT2D eigenvalue weighted by Gasteiger charge is 1.88. The number of methoxy groups -OCH3 is 1. The van der Waals surface area contributed by atoms with Gasteiger partial charge in [0.05, 0.1) is 7.11 Å². The second-order valence-corrected chi connectivity index (χ2v) is 0.940. The number of hydrogen-bond donors (Lipinski definition) is 1. The van der Waals surface area contributed by atoms with Gasteiger partial charge < -0.3 is 14.7 Å². The van der Waals surface area contributed by atoms with E-state index in [4.69, 9.17) is 5.11 Å². The van der Waals surface area contributed by atoms with E-state index in [-0.39, 0.29) is 0 Å². The van der Waals surface area contributed by atoms with Crippen LogP contribution in [0.1, 0.15) is 0 Å². The third-order valence-electron chi connectivity index (χ3n) is 0.465. The van der Waals surface area contributed by atoms with Gasteiger partial charge >= 0.3 is 5.97 Å². The van der Waals surface area contributed by atoms with Gasteiger partial charge in [-0.2, -0.15) is 0 Å². The molecule has 0 aliphatic rings. The van der Waals surface area contributed by atoms with Crippen LogP contribution in [0.25, 0.3) is 0 Å². The topological polar surface area (TPSA) is 68.1 Å². The van der Waals surface area contributed by atoms with Gasteiger partial charge in [-0.25, -0.2) is 4.79 Å². The van der Waals surface area contributed by atoms with Gasteiger partial charge in [0.15, 0.2) is 6.21 Å². The van der Waals surface area contributed by atoms with E-state index in [1.807, 2.05) is 0 Å². The van der Waals surface area contributed by atoms with E-state index < -0.39 is 5.97 Å². The van der Waals surface area contributed by atoms with Gasteiger partial charge in [-0.1, -0.05) is 5.16 Å². The smallest absolute Gasteiger partial charge is 0.352 e. The molecule has 0 saturated heterocycles. The number of rotatable bonds is 2. The van der Waals surface area contributed by atoms with E-state index in [0.29, 0.717) is 0 Å². The average Bonchev–Trinajstić information content (AvgIpc) is 2.04. The van der Waals surface area contributed by atoms with Crippen molar-refractivity contribution in [3.63, 3.8) is 0 Å². The number of carbonyl (C=O) groups excluding carboxylic acids is 1. The van der Waals surface area contributed by atoms with E-state index in [2.05, 4.69) is 14.7 Å². The SMILES string of the molecule is CO.CON=CC(=O)OC. The number of nitrogens with zero attached hydrogens (tertiary/aromatic N) is 1. The van der Waals surface area contributed by atoms with Gasteiger partial charge in [0.1, 0.15) is 7.11 Å². The average molecular weight is 149 g/mol. The second-order valence-electron chi connectivity index (χ2n) is 0.940. The largest absolute Gasteiger partial charge is 0.465 e. The molecular weight excluding hydrogens is 138 g/mol. The van der Waals surface area contributed by atoms with E-state index in [1.165, 1.54) is 14.2 Å². The maximum absolute atomic E-state index is 10.1. The molecule has 0 heterocycles. The van der Waals surface area contributed by atoms with Crippen LogP contribution in [0.3, 0.4) is 0 Å². The number of carbonyl (C=O) groups is 1. The Hall–Kier alpha value is -1.10. The van der Waals surface area contributed by atoms with Gasteiger partial charge in [0.25, 0.3) is 0 Å². The highest BCUT2D eigenvalue weighted by molar-refractivity contribution is 6.22. The van der Waals surface area contributed by atoms with Gasteiger partial charge in [-0.3, -0.25) is 0 Å². The van der Waals surface area contributed by atoms with Gasteiger partial charge in [-0.15, -0.1) is 0 Å². The van der Waals surface area contributed by atoms with Crippen molar-refractivity contribution in [3.8, 4) is 0 Å². The number of aliphatic hydroxyl groups is 1. The summed E-state index contributed by atoms with van der Waals surface area (Å²) in [7, 11) is 3.61. The Kier molecular flexibility index (Phi) is 12.6. The van der Waals surface area contributed by atoms with E-state index in [9.17, 15) is 4.79 Å². The van der Waals surface area contributed by atoms with E-state index in [1.54, 1.807) is 0 Å². The fourth-order valence-electron chi connectivity index (χ4n) is 0.148. The van der Waals surface area contributed by atoms with Gasteiger partial charge in [-0.05, 0) is 0 Å². The molecular formula is C5H11NO4. The fraction of sp³-hybridized carbons (Fsp3) is 0.600. The predicted molar refractivity (Wildman–Crippen MR) is 35.7 cm³/mol. The van der Waals surface area contributed by atoms with Crippen LogP contribution in [0.2, 0.25) is 0 Å². The lowest BCUT2D eigenvalue weighted by molar-refractivity contribution is -0.132. The summed E-state index contributed by atoms with van der Waals surface area (Å²) in [4.78, 5) is 14.3. The zero-order chi connectivity index (χ0) is 8.41. The summed E-state index contributed by atoms with van der Waals surface area (Å²) < 4.78 is 4.18. The maximum atomic E-state index is 10.1. The lowest BCUT2D eigenvalue weighted by atomic mass is 10.8. The lowest BCUT2D eigenvalue weighted by Crippen LogP contribution is -2.00. The highest BCUT2D eigenvalue weighted by atomic mass is 16.6. The van der Waals surface area contributed by atoms with Crippen LogP contribution in [0.5, 0.6) is 0 Å². The Balaban J connectivity index is 0. The molecule has 0 radical (unpaired) electrons. The summed E-state index contributed by atoms with van der Waals surface area (Å²) in [6.45, 7) is 0. The molecule has 0 fully saturated rings. The van der Waals surface area contributed by atoms with E-state index >= 15 is 0 Å². The molecule has 0 amide bonds. The molecule has 0 aliphatic carbocycles. The van der Waals surface area contributed by atoms with Crippen molar-refractivity contribution in [3.05, 3.63) is 0 Å². The van der Waals surface area contributed by atoms with Gasteiger partial charge in [0.2, 0.25) is 0 Å². The monoisotopic (exact) mass is 149 g/mol. The summed E-state index contributed by atoms with van der Waals surface area (Å²) in [5, 5.41) is 10.1. The van der Waals surface area contributed by atoms with Crippen molar-refractivity contribution < 1.29 is 19.5 Å². The highest BCUT2D eigenvalue weighted by Crippen LogP contribution is 1.67. The molecule has 1 N–H and O–H groups in total. The maximum Gasteiger partial charge on any atom is 0.352 e. The molecule has 0 rings (SSSR count). The summed E-state index contributed by atoms with van der Waals surface area (Å²) in [5.74, 6) is -0.521. The predicted octanol–water partition coefficient (Wildman–Crippen LogP) is -0.600. The van der Waals surface area contributed by atoms with Crippen LogP contribution in [-0.2, 0) is 14.4 Å². The molecule has 0 aromatic carbocycles. The standard InChI is InChI=1S/C4H7NO3.CH4O/c1-7-4(6)3-5-8-2;1-2/h3H,1-2H3;2H,1H3.